The van der Waals surface area contributed by atoms with Crippen LogP contribution in [-0.2, 0) is 16.0 Å². The van der Waals surface area contributed by atoms with Crippen LogP contribution < -0.4 is 10.2 Å². The summed E-state index contributed by atoms with van der Waals surface area (Å²) in [6.07, 6.45) is 2.42. The number of fused-ring (bicyclic) bond motifs is 1. The van der Waals surface area contributed by atoms with Crippen LogP contribution in [0.3, 0.4) is 0 Å². The number of para-hydroxylation sites is 1. The molecule has 2 rings (SSSR count). The van der Waals surface area contributed by atoms with Gasteiger partial charge in [0.1, 0.15) is 6.04 Å². The molecule has 0 bridgehead atoms. The quantitative estimate of drug-likeness (QED) is 0.907. The van der Waals surface area contributed by atoms with Gasteiger partial charge in [-0.1, -0.05) is 45.9 Å². The van der Waals surface area contributed by atoms with Gasteiger partial charge in [-0.05, 0) is 36.3 Å². The number of anilines is 1. The van der Waals surface area contributed by atoms with Crippen molar-refractivity contribution in [1.29, 1.82) is 0 Å². The van der Waals surface area contributed by atoms with Crippen molar-refractivity contribution in [3.05, 3.63) is 29.8 Å². The Morgan fingerprint density at radius 3 is 2.52 bits per heavy atom. The lowest BCUT2D eigenvalue weighted by molar-refractivity contribution is -0.129. The van der Waals surface area contributed by atoms with E-state index in [4.69, 9.17) is 0 Å². The lowest BCUT2D eigenvalue weighted by Gasteiger charge is -2.34. The highest BCUT2D eigenvalue weighted by atomic mass is 16.2. The molecule has 4 heteroatoms. The van der Waals surface area contributed by atoms with Crippen LogP contribution in [0.15, 0.2) is 24.3 Å². The molecule has 4 nitrogen and oxygen atoms in total. The van der Waals surface area contributed by atoms with Gasteiger partial charge in [0.15, 0.2) is 0 Å². The number of nitrogens with one attached hydrogen (secondary N) is 1. The molecule has 0 radical (unpaired) electrons. The highest BCUT2D eigenvalue weighted by molar-refractivity contribution is 6.00. The molecule has 1 aromatic rings. The van der Waals surface area contributed by atoms with Gasteiger partial charge in [-0.25, -0.2) is 0 Å². The van der Waals surface area contributed by atoms with Crippen molar-refractivity contribution in [3.8, 4) is 0 Å². The van der Waals surface area contributed by atoms with Crippen molar-refractivity contribution >= 4 is 17.5 Å². The second kappa shape index (κ2) is 7.62. The van der Waals surface area contributed by atoms with E-state index < -0.39 is 6.04 Å². The minimum Gasteiger partial charge on any atom is -0.344 e. The molecule has 126 valence electrons. The van der Waals surface area contributed by atoms with E-state index in [1.807, 2.05) is 50.8 Å². The maximum absolute atomic E-state index is 13.0. The monoisotopic (exact) mass is 316 g/mol. The average Bonchev–Trinajstić information content (AvgIpc) is 2.50. The van der Waals surface area contributed by atoms with E-state index in [1.54, 1.807) is 0 Å². The third-order valence-electron chi connectivity index (χ3n) is 4.22. The fraction of sp³-hybridized carbons (Fsp3) is 0.579. The minimum absolute atomic E-state index is 0.00394. The van der Waals surface area contributed by atoms with E-state index >= 15 is 0 Å². The molecule has 0 aliphatic carbocycles. The summed E-state index contributed by atoms with van der Waals surface area (Å²) >= 11 is 0. The maximum Gasteiger partial charge on any atom is 0.249 e. The SMILES string of the molecule is CC(C)CC(=O)NC(C(=O)N1CCCc2ccccc21)C(C)C. The smallest absolute Gasteiger partial charge is 0.249 e. The second-order valence-electron chi connectivity index (χ2n) is 7.11. The summed E-state index contributed by atoms with van der Waals surface area (Å²) in [5.41, 5.74) is 2.20. The van der Waals surface area contributed by atoms with E-state index in [1.165, 1.54) is 5.56 Å². The summed E-state index contributed by atoms with van der Waals surface area (Å²) in [5.74, 6) is 0.308. The van der Waals surface area contributed by atoms with Crippen molar-refractivity contribution in [2.24, 2.45) is 11.8 Å². The molecular weight excluding hydrogens is 288 g/mol. The lowest BCUT2D eigenvalue weighted by atomic mass is 9.97. The molecule has 0 aromatic heterocycles. The van der Waals surface area contributed by atoms with Crippen LogP contribution in [0.25, 0.3) is 0 Å². The molecule has 23 heavy (non-hydrogen) atoms. The number of hydrogen-bond donors (Lipinski definition) is 1. The molecule has 0 saturated carbocycles. The summed E-state index contributed by atoms with van der Waals surface area (Å²) < 4.78 is 0. The van der Waals surface area contributed by atoms with Crippen LogP contribution in [-0.4, -0.2) is 24.4 Å². The number of rotatable bonds is 5. The first-order valence-electron chi connectivity index (χ1n) is 8.58. The number of carbonyl (C=O) groups is 2. The van der Waals surface area contributed by atoms with Crippen LogP contribution in [0, 0.1) is 11.8 Å². The first-order valence-corrected chi connectivity index (χ1v) is 8.58. The summed E-state index contributed by atoms with van der Waals surface area (Å²) in [5, 5.41) is 2.95. The summed E-state index contributed by atoms with van der Waals surface area (Å²) in [6, 6.07) is 7.59. The number of benzene rings is 1. The van der Waals surface area contributed by atoms with Gasteiger partial charge in [0.2, 0.25) is 11.8 Å². The normalized spacial score (nSPS) is 15.5. The number of aryl methyl sites for hydroxylation is 1. The number of hydrogen-bond acceptors (Lipinski definition) is 2. The fourth-order valence-corrected chi connectivity index (χ4v) is 3.05. The van der Waals surface area contributed by atoms with E-state index in [2.05, 4.69) is 11.4 Å². The van der Waals surface area contributed by atoms with Crippen molar-refractivity contribution in [1.82, 2.24) is 5.32 Å². The minimum atomic E-state index is -0.465. The van der Waals surface area contributed by atoms with Gasteiger partial charge < -0.3 is 10.2 Å². The molecule has 0 fully saturated rings. The standard InChI is InChI=1S/C19H28N2O2/c1-13(2)12-17(22)20-18(14(3)4)19(23)21-11-7-9-15-8-5-6-10-16(15)21/h5-6,8,10,13-14,18H,7,9,11-12H2,1-4H3,(H,20,22). The van der Waals surface area contributed by atoms with Gasteiger partial charge in [0.05, 0.1) is 0 Å². The Hall–Kier alpha value is -1.84. The Balaban J connectivity index is 2.17. The summed E-state index contributed by atoms with van der Waals surface area (Å²) in [4.78, 5) is 27.0. The van der Waals surface area contributed by atoms with Crippen molar-refractivity contribution in [3.63, 3.8) is 0 Å². The highest BCUT2D eigenvalue weighted by Crippen LogP contribution is 2.27. The topological polar surface area (TPSA) is 49.4 Å². The van der Waals surface area contributed by atoms with Crippen molar-refractivity contribution < 1.29 is 9.59 Å². The molecule has 1 aromatic carbocycles. The van der Waals surface area contributed by atoms with Gasteiger partial charge in [-0.15, -0.1) is 0 Å². The van der Waals surface area contributed by atoms with Crippen molar-refractivity contribution in [2.45, 2.75) is 53.0 Å². The van der Waals surface area contributed by atoms with Crippen LogP contribution in [0.2, 0.25) is 0 Å². The predicted octanol–water partition coefficient (Wildman–Crippen LogP) is 3.15. The number of amides is 2. The molecule has 1 aliphatic rings. The first kappa shape index (κ1) is 17.5. The Bertz CT molecular complexity index is 566. The van der Waals surface area contributed by atoms with E-state index in [0.717, 1.165) is 25.1 Å². The summed E-state index contributed by atoms with van der Waals surface area (Å²) in [6.45, 7) is 8.70. The maximum atomic E-state index is 13.0. The third kappa shape index (κ3) is 4.34. The van der Waals surface area contributed by atoms with E-state index in [0.29, 0.717) is 6.42 Å². The molecule has 1 N–H and O–H groups in total. The number of carbonyl (C=O) groups excluding carboxylic acids is 2. The van der Waals surface area contributed by atoms with Gasteiger partial charge in [-0.2, -0.15) is 0 Å². The highest BCUT2D eigenvalue weighted by Gasteiger charge is 2.31. The molecule has 2 amide bonds. The van der Waals surface area contributed by atoms with Crippen LogP contribution in [0.5, 0.6) is 0 Å². The Kier molecular flexibility index (Phi) is 5.80. The lowest BCUT2D eigenvalue weighted by Crippen LogP contribution is -2.52. The molecule has 1 atom stereocenters. The molecular formula is C19H28N2O2. The van der Waals surface area contributed by atoms with Gasteiger partial charge >= 0.3 is 0 Å². The number of nitrogens with zero attached hydrogens (tertiary/aromatic N) is 1. The molecule has 1 heterocycles. The average molecular weight is 316 g/mol. The fourth-order valence-electron chi connectivity index (χ4n) is 3.05. The first-order chi connectivity index (χ1) is 10.9. The van der Waals surface area contributed by atoms with Gasteiger partial charge in [-0.3, -0.25) is 9.59 Å². The summed E-state index contributed by atoms with van der Waals surface area (Å²) in [7, 11) is 0. The Labute approximate surface area is 139 Å². The zero-order valence-electron chi connectivity index (χ0n) is 14.6. The molecule has 1 aliphatic heterocycles. The van der Waals surface area contributed by atoms with Gasteiger partial charge in [0.25, 0.3) is 0 Å². The van der Waals surface area contributed by atoms with E-state index in [-0.39, 0.29) is 23.7 Å². The zero-order chi connectivity index (χ0) is 17.0. The Morgan fingerprint density at radius 1 is 1.17 bits per heavy atom. The largest absolute Gasteiger partial charge is 0.344 e. The van der Waals surface area contributed by atoms with E-state index in [9.17, 15) is 9.59 Å². The van der Waals surface area contributed by atoms with Gasteiger partial charge in [0, 0.05) is 18.7 Å². The Morgan fingerprint density at radius 2 is 1.87 bits per heavy atom. The predicted molar refractivity (Wildman–Crippen MR) is 93.3 cm³/mol. The molecule has 0 saturated heterocycles. The van der Waals surface area contributed by atoms with Crippen LogP contribution in [0.1, 0.15) is 46.1 Å². The molecule has 1 unspecified atom stereocenters. The van der Waals surface area contributed by atoms with Crippen LogP contribution >= 0.6 is 0 Å². The van der Waals surface area contributed by atoms with Crippen LogP contribution in [0.4, 0.5) is 5.69 Å². The zero-order valence-corrected chi connectivity index (χ0v) is 14.6. The van der Waals surface area contributed by atoms with Crippen molar-refractivity contribution in [2.75, 3.05) is 11.4 Å². The third-order valence-corrected chi connectivity index (χ3v) is 4.22. The second-order valence-corrected chi connectivity index (χ2v) is 7.11. The molecule has 0 spiro atoms.